The highest BCUT2D eigenvalue weighted by atomic mass is 35.5. The van der Waals surface area contributed by atoms with Crippen LogP contribution in [0.1, 0.15) is 23.2 Å². The van der Waals surface area contributed by atoms with Crippen LogP contribution in [-0.2, 0) is 7.05 Å². The van der Waals surface area contributed by atoms with Gasteiger partial charge < -0.3 is 15.0 Å². The Bertz CT molecular complexity index is 1010. The lowest BCUT2D eigenvalue weighted by molar-refractivity contribution is 0.0931. The molecule has 4 rings (SSSR count). The number of hydrogen-bond acceptors (Lipinski definition) is 7. The fourth-order valence-corrected chi connectivity index (χ4v) is 3.64. The standard InChI is InChI=1S/C18H20ClN7O2/c1-25-18(22-23-24-25)26-5-3-13(4-6-26)21-17(27)12-7-11-8-14(19)16(28-2)9-15(11)20-10-12/h7-10,13H,3-6H2,1-2H3,(H,21,27). The van der Waals surface area contributed by atoms with Gasteiger partial charge in [-0.25, -0.2) is 4.68 Å². The van der Waals surface area contributed by atoms with Crippen molar-refractivity contribution in [3.05, 3.63) is 35.0 Å². The summed E-state index contributed by atoms with van der Waals surface area (Å²) in [6.07, 6.45) is 3.22. The molecule has 0 bridgehead atoms. The average molecular weight is 402 g/mol. The Labute approximate surface area is 166 Å². The molecule has 3 heterocycles. The molecule has 1 fully saturated rings. The van der Waals surface area contributed by atoms with E-state index >= 15 is 0 Å². The molecule has 1 amide bonds. The first-order valence-corrected chi connectivity index (χ1v) is 9.34. The quantitative estimate of drug-likeness (QED) is 0.711. The molecule has 0 radical (unpaired) electrons. The zero-order valence-corrected chi connectivity index (χ0v) is 16.3. The monoisotopic (exact) mass is 401 g/mol. The number of methoxy groups -OCH3 is 1. The number of carbonyl (C=O) groups excluding carboxylic acids is 1. The van der Waals surface area contributed by atoms with E-state index in [1.807, 2.05) is 7.05 Å². The van der Waals surface area contributed by atoms with Crippen molar-refractivity contribution in [3.63, 3.8) is 0 Å². The van der Waals surface area contributed by atoms with E-state index in [0.29, 0.717) is 16.3 Å². The van der Waals surface area contributed by atoms with Gasteiger partial charge in [-0.3, -0.25) is 9.78 Å². The zero-order chi connectivity index (χ0) is 19.7. The minimum atomic E-state index is -0.139. The second kappa shape index (κ2) is 7.59. The van der Waals surface area contributed by atoms with Gasteiger partial charge in [-0.05, 0) is 35.4 Å². The van der Waals surface area contributed by atoms with Crippen molar-refractivity contribution < 1.29 is 9.53 Å². The van der Waals surface area contributed by atoms with Crippen molar-refractivity contribution in [2.24, 2.45) is 7.05 Å². The molecule has 1 aliphatic rings. The molecule has 0 saturated carbocycles. The van der Waals surface area contributed by atoms with E-state index in [4.69, 9.17) is 16.3 Å². The molecule has 3 aromatic rings. The number of carbonyl (C=O) groups is 1. The third-order valence-corrected chi connectivity index (χ3v) is 5.22. The van der Waals surface area contributed by atoms with Gasteiger partial charge in [0.2, 0.25) is 5.95 Å². The molecule has 1 N–H and O–H groups in total. The van der Waals surface area contributed by atoms with Crippen molar-refractivity contribution in [3.8, 4) is 5.75 Å². The summed E-state index contributed by atoms with van der Waals surface area (Å²) in [5.74, 6) is 1.17. The number of fused-ring (bicyclic) bond motifs is 1. The van der Waals surface area contributed by atoms with Crippen LogP contribution in [0, 0.1) is 0 Å². The van der Waals surface area contributed by atoms with Crippen molar-refractivity contribution >= 4 is 34.4 Å². The predicted molar refractivity (Wildman–Crippen MR) is 105 cm³/mol. The molecule has 9 nitrogen and oxygen atoms in total. The van der Waals surface area contributed by atoms with Crippen LogP contribution in [0.15, 0.2) is 24.4 Å². The van der Waals surface area contributed by atoms with Crippen LogP contribution in [0.25, 0.3) is 10.9 Å². The third kappa shape index (κ3) is 3.57. The summed E-state index contributed by atoms with van der Waals surface area (Å²) in [6, 6.07) is 5.41. The lowest BCUT2D eigenvalue weighted by Crippen LogP contribution is -2.45. The Kier molecular flexibility index (Phi) is 4.99. The number of tetrazole rings is 1. The summed E-state index contributed by atoms with van der Waals surface area (Å²) in [7, 11) is 3.37. The normalized spacial score (nSPS) is 15.0. The first-order valence-electron chi connectivity index (χ1n) is 8.96. The predicted octanol–water partition coefficient (Wildman–Crippen LogP) is 1.82. The molecule has 1 aliphatic heterocycles. The van der Waals surface area contributed by atoms with E-state index in [1.54, 1.807) is 36.2 Å². The van der Waals surface area contributed by atoms with Gasteiger partial charge >= 0.3 is 0 Å². The molecule has 10 heteroatoms. The fraction of sp³-hybridized carbons (Fsp3) is 0.389. The maximum Gasteiger partial charge on any atom is 0.253 e. The zero-order valence-electron chi connectivity index (χ0n) is 15.6. The van der Waals surface area contributed by atoms with Gasteiger partial charge in [0.1, 0.15) is 5.75 Å². The number of aryl methyl sites for hydroxylation is 1. The van der Waals surface area contributed by atoms with Crippen molar-refractivity contribution in [2.45, 2.75) is 18.9 Å². The van der Waals surface area contributed by atoms with E-state index < -0.39 is 0 Å². The Hall–Kier alpha value is -2.94. The number of anilines is 1. The molecular weight excluding hydrogens is 382 g/mol. The summed E-state index contributed by atoms with van der Waals surface area (Å²) in [4.78, 5) is 19.2. The van der Waals surface area contributed by atoms with Crippen LogP contribution >= 0.6 is 11.6 Å². The van der Waals surface area contributed by atoms with Gasteiger partial charge in [0.05, 0.1) is 23.2 Å². The van der Waals surface area contributed by atoms with Gasteiger partial charge in [-0.15, -0.1) is 0 Å². The highest BCUT2D eigenvalue weighted by Crippen LogP contribution is 2.29. The van der Waals surface area contributed by atoms with Gasteiger partial charge in [-0.2, -0.15) is 0 Å². The second-order valence-corrected chi connectivity index (χ2v) is 7.15. The van der Waals surface area contributed by atoms with Crippen LogP contribution in [0.5, 0.6) is 5.75 Å². The lowest BCUT2D eigenvalue weighted by atomic mass is 10.0. The number of nitrogens with one attached hydrogen (secondary N) is 1. The maximum atomic E-state index is 12.7. The van der Waals surface area contributed by atoms with Crippen molar-refractivity contribution in [1.29, 1.82) is 0 Å². The highest BCUT2D eigenvalue weighted by molar-refractivity contribution is 6.32. The molecule has 2 aromatic heterocycles. The summed E-state index contributed by atoms with van der Waals surface area (Å²) in [5.41, 5.74) is 1.23. The van der Waals surface area contributed by atoms with Gasteiger partial charge in [0, 0.05) is 43.8 Å². The Morgan fingerprint density at radius 2 is 2.07 bits per heavy atom. The Morgan fingerprint density at radius 1 is 1.29 bits per heavy atom. The number of piperidine rings is 1. The minimum Gasteiger partial charge on any atom is -0.495 e. The lowest BCUT2D eigenvalue weighted by Gasteiger charge is -2.32. The van der Waals surface area contributed by atoms with Crippen molar-refractivity contribution in [1.82, 2.24) is 30.5 Å². The van der Waals surface area contributed by atoms with Crippen LogP contribution in [0.2, 0.25) is 5.02 Å². The fourth-order valence-electron chi connectivity index (χ4n) is 3.40. The summed E-state index contributed by atoms with van der Waals surface area (Å²) < 4.78 is 6.86. The average Bonchev–Trinajstić information content (AvgIpc) is 3.13. The largest absolute Gasteiger partial charge is 0.495 e. The summed E-state index contributed by atoms with van der Waals surface area (Å²) >= 11 is 6.18. The first kappa shape index (κ1) is 18.4. The Morgan fingerprint density at radius 3 is 2.75 bits per heavy atom. The molecule has 28 heavy (non-hydrogen) atoms. The van der Waals surface area contributed by atoms with Crippen LogP contribution < -0.4 is 15.0 Å². The maximum absolute atomic E-state index is 12.7. The van der Waals surface area contributed by atoms with E-state index in [-0.39, 0.29) is 11.9 Å². The number of ether oxygens (including phenoxy) is 1. The Balaban J connectivity index is 1.42. The first-order chi connectivity index (χ1) is 13.5. The molecule has 0 unspecified atom stereocenters. The molecule has 0 spiro atoms. The molecular formula is C18H20ClN7O2. The van der Waals surface area contributed by atoms with Crippen LogP contribution in [-0.4, -0.2) is 57.3 Å². The third-order valence-electron chi connectivity index (χ3n) is 4.93. The summed E-state index contributed by atoms with van der Waals surface area (Å²) in [6.45, 7) is 1.56. The van der Waals surface area contributed by atoms with E-state index in [2.05, 4.69) is 30.7 Å². The number of hydrogen-bond donors (Lipinski definition) is 1. The number of amides is 1. The molecule has 1 aromatic carbocycles. The van der Waals surface area contributed by atoms with Crippen LogP contribution in [0.4, 0.5) is 5.95 Å². The molecule has 0 aliphatic carbocycles. The van der Waals surface area contributed by atoms with Gasteiger partial charge in [-0.1, -0.05) is 16.7 Å². The topological polar surface area (TPSA) is 98.1 Å². The number of aromatic nitrogens is 5. The second-order valence-electron chi connectivity index (χ2n) is 6.74. The number of rotatable bonds is 4. The molecule has 1 saturated heterocycles. The highest BCUT2D eigenvalue weighted by Gasteiger charge is 2.24. The number of halogens is 1. The minimum absolute atomic E-state index is 0.0973. The van der Waals surface area contributed by atoms with Gasteiger partial charge in [0.15, 0.2) is 0 Å². The summed E-state index contributed by atoms with van der Waals surface area (Å²) in [5, 5.41) is 15.9. The van der Waals surface area contributed by atoms with Crippen LogP contribution in [0.3, 0.4) is 0 Å². The van der Waals surface area contributed by atoms with E-state index in [9.17, 15) is 4.79 Å². The van der Waals surface area contributed by atoms with Crippen molar-refractivity contribution in [2.75, 3.05) is 25.1 Å². The SMILES string of the molecule is COc1cc2ncc(C(=O)NC3CCN(c4nnnn4C)CC3)cc2cc1Cl. The molecule has 146 valence electrons. The van der Waals surface area contributed by atoms with E-state index in [0.717, 1.165) is 42.8 Å². The number of nitrogens with zero attached hydrogens (tertiary/aromatic N) is 6. The smallest absolute Gasteiger partial charge is 0.253 e. The number of pyridine rings is 1. The number of benzene rings is 1. The van der Waals surface area contributed by atoms with E-state index in [1.165, 1.54) is 0 Å². The molecule has 0 atom stereocenters. The van der Waals surface area contributed by atoms with Gasteiger partial charge in [0.25, 0.3) is 5.91 Å².